The van der Waals surface area contributed by atoms with E-state index < -0.39 is 39.3 Å². The van der Waals surface area contributed by atoms with Gasteiger partial charge in [0.15, 0.2) is 0 Å². The van der Waals surface area contributed by atoms with Crippen molar-refractivity contribution in [3.63, 3.8) is 0 Å². The topological polar surface area (TPSA) is 139 Å². The summed E-state index contributed by atoms with van der Waals surface area (Å²) in [6, 6.07) is 24.7. The van der Waals surface area contributed by atoms with Gasteiger partial charge in [-0.05, 0) is 66.4 Å². The van der Waals surface area contributed by atoms with Crippen LogP contribution in [-0.2, 0) is 32.6 Å². The number of nitro benzene ring substituents is 1. The van der Waals surface area contributed by atoms with Gasteiger partial charge in [0, 0.05) is 36.2 Å². The second-order valence-corrected chi connectivity index (χ2v) is 14.2. The number of carbonyl (C=O) groups is 2. The Morgan fingerprint density at radius 3 is 2.22 bits per heavy atom. The van der Waals surface area contributed by atoms with Gasteiger partial charge in [-0.3, -0.25) is 24.0 Å². The number of benzene rings is 4. The number of hydrogen-bond acceptors (Lipinski definition) is 7. The van der Waals surface area contributed by atoms with E-state index in [0.717, 1.165) is 15.9 Å². The van der Waals surface area contributed by atoms with Gasteiger partial charge in [-0.1, -0.05) is 74.0 Å². The van der Waals surface area contributed by atoms with Crippen LogP contribution in [-0.4, -0.2) is 56.3 Å². The Bertz CT molecular complexity index is 1890. The highest BCUT2D eigenvalue weighted by atomic mass is 35.5. The van der Waals surface area contributed by atoms with Crippen LogP contribution in [0.2, 0.25) is 5.02 Å². The molecule has 258 valence electrons. The van der Waals surface area contributed by atoms with E-state index in [4.69, 9.17) is 16.3 Å². The Morgan fingerprint density at radius 2 is 1.61 bits per heavy atom. The number of nitrogens with one attached hydrogen (secondary N) is 1. The monoisotopic (exact) mass is 706 g/mol. The molecule has 4 aromatic carbocycles. The normalized spacial score (nSPS) is 11.9. The predicted molar refractivity (Wildman–Crippen MR) is 189 cm³/mol. The maximum absolute atomic E-state index is 14.6. The van der Waals surface area contributed by atoms with Gasteiger partial charge in [0.05, 0.1) is 22.6 Å². The number of methoxy groups -OCH3 is 1. The molecule has 1 N–H and O–H groups in total. The zero-order chi connectivity index (χ0) is 35.7. The quantitative estimate of drug-likeness (QED) is 0.115. The molecule has 0 bridgehead atoms. The summed E-state index contributed by atoms with van der Waals surface area (Å²) in [5.74, 6) is -0.499. The molecule has 0 saturated heterocycles. The van der Waals surface area contributed by atoms with E-state index in [9.17, 15) is 28.1 Å². The maximum Gasteiger partial charge on any atom is 0.273 e. The molecule has 0 aliphatic rings. The summed E-state index contributed by atoms with van der Waals surface area (Å²) >= 11 is 6.30. The molecule has 0 unspecified atom stereocenters. The first-order valence-corrected chi connectivity index (χ1v) is 17.4. The average molecular weight is 707 g/mol. The van der Waals surface area contributed by atoms with Crippen molar-refractivity contribution in [1.29, 1.82) is 0 Å². The summed E-state index contributed by atoms with van der Waals surface area (Å²) in [7, 11) is -3.10. The third-order valence-corrected chi connectivity index (χ3v) is 9.81. The van der Waals surface area contributed by atoms with Crippen molar-refractivity contribution in [3.05, 3.63) is 129 Å². The predicted octanol–water partition coefficient (Wildman–Crippen LogP) is 6.17. The van der Waals surface area contributed by atoms with E-state index >= 15 is 0 Å². The first kappa shape index (κ1) is 36.9. The molecule has 0 spiro atoms. The highest BCUT2D eigenvalue weighted by molar-refractivity contribution is 7.92. The fourth-order valence-corrected chi connectivity index (χ4v) is 6.81. The molecule has 11 nitrogen and oxygen atoms in total. The smallest absolute Gasteiger partial charge is 0.273 e. The summed E-state index contributed by atoms with van der Waals surface area (Å²) in [5, 5.41) is 15.1. The fraction of sp³-hybridized carbons (Fsp3) is 0.278. The van der Waals surface area contributed by atoms with Gasteiger partial charge in [-0.15, -0.1) is 0 Å². The molecular weight excluding hydrogens is 668 g/mol. The lowest BCUT2D eigenvalue weighted by Crippen LogP contribution is -2.53. The standard InChI is InChI=1S/C36H39ClN4O7S/c1-25(2)22-38-36(43)34(20-27-9-6-5-7-10-27)39(23-28-11-8-12-29(37)19-28)35(42)24-40(30-14-16-31(48-4)17-15-30)49(46,47)32-18-13-26(3)33(21-32)41(44)45/h5-19,21,25,34H,20,22-24H2,1-4H3,(H,38,43)/t34-/m1/s1. The Morgan fingerprint density at radius 1 is 0.939 bits per heavy atom. The van der Waals surface area contributed by atoms with Crippen molar-refractivity contribution in [2.75, 3.05) is 24.5 Å². The molecule has 2 amide bonds. The third kappa shape index (κ3) is 9.58. The van der Waals surface area contributed by atoms with E-state index in [1.807, 2.05) is 44.2 Å². The molecule has 0 aliphatic carbocycles. The van der Waals surface area contributed by atoms with Crippen LogP contribution in [0.25, 0.3) is 0 Å². The lowest BCUT2D eigenvalue weighted by Gasteiger charge is -2.34. The van der Waals surface area contributed by atoms with Crippen molar-refractivity contribution in [1.82, 2.24) is 10.2 Å². The number of amides is 2. The summed E-state index contributed by atoms with van der Waals surface area (Å²) in [4.78, 5) is 40.6. The van der Waals surface area contributed by atoms with Crippen molar-refractivity contribution < 1.29 is 27.7 Å². The molecule has 0 heterocycles. The van der Waals surface area contributed by atoms with Crippen LogP contribution in [0.3, 0.4) is 0 Å². The molecule has 0 fully saturated rings. The van der Waals surface area contributed by atoms with Crippen molar-refractivity contribution in [2.45, 2.75) is 44.7 Å². The van der Waals surface area contributed by atoms with Gasteiger partial charge in [-0.25, -0.2) is 8.42 Å². The van der Waals surface area contributed by atoms with Gasteiger partial charge in [0.2, 0.25) is 11.8 Å². The minimum atomic E-state index is -4.56. The van der Waals surface area contributed by atoms with E-state index in [1.54, 1.807) is 36.4 Å². The first-order chi connectivity index (χ1) is 23.3. The number of nitro groups is 1. The first-order valence-electron chi connectivity index (χ1n) is 15.6. The number of ether oxygens (including phenoxy) is 1. The van der Waals surface area contributed by atoms with Crippen molar-refractivity contribution >= 4 is 44.8 Å². The van der Waals surface area contributed by atoms with Gasteiger partial charge < -0.3 is 15.0 Å². The number of carbonyl (C=O) groups excluding carboxylic acids is 2. The van der Waals surface area contributed by atoms with Crippen LogP contribution in [0.4, 0.5) is 11.4 Å². The Kier molecular flexibility index (Phi) is 12.4. The largest absolute Gasteiger partial charge is 0.497 e. The highest BCUT2D eigenvalue weighted by Crippen LogP contribution is 2.30. The lowest BCUT2D eigenvalue weighted by atomic mass is 10.0. The minimum Gasteiger partial charge on any atom is -0.497 e. The molecule has 4 rings (SSSR count). The number of rotatable bonds is 15. The molecule has 49 heavy (non-hydrogen) atoms. The van der Waals surface area contributed by atoms with E-state index in [2.05, 4.69) is 5.32 Å². The summed E-state index contributed by atoms with van der Waals surface area (Å²) in [5.41, 5.74) is 1.43. The summed E-state index contributed by atoms with van der Waals surface area (Å²) < 4.78 is 34.8. The lowest BCUT2D eigenvalue weighted by molar-refractivity contribution is -0.385. The maximum atomic E-state index is 14.6. The van der Waals surface area contributed by atoms with Crippen LogP contribution in [0.15, 0.2) is 102 Å². The number of aryl methyl sites for hydroxylation is 1. The number of halogens is 1. The van der Waals surface area contributed by atoms with Crippen LogP contribution in [0, 0.1) is 23.0 Å². The van der Waals surface area contributed by atoms with E-state index in [0.29, 0.717) is 22.9 Å². The molecule has 0 aromatic heterocycles. The van der Waals surface area contributed by atoms with E-state index in [-0.39, 0.29) is 40.7 Å². The minimum absolute atomic E-state index is 0.0570. The molecule has 4 aromatic rings. The second-order valence-electron chi connectivity index (χ2n) is 11.9. The SMILES string of the molecule is COc1ccc(N(CC(=O)N(Cc2cccc(Cl)c2)[C@H](Cc2ccccc2)C(=O)NCC(C)C)S(=O)(=O)c2ccc(C)c([N+](=O)[O-])c2)cc1. The zero-order valence-electron chi connectivity index (χ0n) is 27.7. The molecule has 0 saturated carbocycles. The number of nitrogens with zero attached hydrogens (tertiary/aromatic N) is 3. The highest BCUT2D eigenvalue weighted by Gasteiger charge is 2.35. The van der Waals surface area contributed by atoms with Crippen LogP contribution in [0.5, 0.6) is 5.75 Å². The summed E-state index contributed by atoms with van der Waals surface area (Å²) in [6.45, 7) is 4.99. The Labute approximate surface area is 291 Å². The second kappa shape index (κ2) is 16.4. The zero-order valence-corrected chi connectivity index (χ0v) is 29.3. The van der Waals surface area contributed by atoms with Crippen LogP contribution < -0.4 is 14.4 Å². The molecule has 1 atom stereocenters. The van der Waals surface area contributed by atoms with Crippen LogP contribution in [0.1, 0.15) is 30.5 Å². The van der Waals surface area contributed by atoms with Gasteiger partial charge in [0.1, 0.15) is 18.3 Å². The number of hydrogen-bond donors (Lipinski definition) is 1. The number of sulfonamides is 1. The van der Waals surface area contributed by atoms with Gasteiger partial charge in [-0.2, -0.15) is 0 Å². The van der Waals surface area contributed by atoms with Gasteiger partial charge in [0.25, 0.3) is 15.7 Å². The Balaban J connectivity index is 1.84. The fourth-order valence-electron chi connectivity index (χ4n) is 5.16. The molecule has 13 heteroatoms. The van der Waals surface area contributed by atoms with Crippen molar-refractivity contribution in [2.24, 2.45) is 5.92 Å². The number of anilines is 1. The summed E-state index contributed by atoms with van der Waals surface area (Å²) in [6.07, 6.45) is 0.149. The third-order valence-electron chi connectivity index (χ3n) is 7.80. The van der Waals surface area contributed by atoms with Crippen molar-refractivity contribution in [3.8, 4) is 5.75 Å². The average Bonchev–Trinajstić information content (AvgIpc) is 3.08. The molecule has 0 radical (unpaired) electrons. The van der Waals surface area contributed by atoms with Crippen LogP contribution >= 0.6 is 11.6 Å². The molecular formula is C36H39ClN4O7S. The van der Waals surface area contributed by atoms with E-state index in [1.165, 1.54) is 43.2 Å². The molecule has 0 aliphatic heterocycles. The Hall–Kier alpha value is -4.94. The van der Waals surface area contributed by atoms with Gasteiger partial charge >= 0.3 is 0 Å².